The molecular formula is C18H23N3O2S. The molecule has 1 aliphatic heterocycles. The molecule has 1 saturated heterocycles. The monoisotopic (exact) mass is 345 g/mol. The molecule has 128 valence electrons. The summed E-state index contributed by atoms with van der Waals surface area (Å²) in [7, 11) is 3.96. The van der Waals surface area contributed by atoms with Crippen LogP contribution in [-0.2, 0) is 11.3 Å². The molecule has 2 heterocycles. The summed E-state index contributed by atoms with van der Waals surface area (Å²) in [5.41, 5.74) is 2.33. The minimum absolute atomic E-state index is 0.0462. The van der Waals surface area contributed by atoms with Crippen LogP contribution in [0.25, 0.3) is 0 Å². The quantitative estimate of drug-likeness (QED) is 0.903. The fraction of sp³-hybridized carbons (Fsp3) is 0.444. The normalized spacial score (nSPS) is 21.1. The first-order valence-corrected chi connectivity index (χ1v) is 8.90. The van der Waals surface area contributed by atoms with Gasteiger partial charge in [0.1, 0.15) is 0 Å². The van der Waals surface area contributed by atoms with E-state index in [-0.39, 0.29) is 11.8 Å². The van der Waals surface area contributed by atoms with Gasteiger partial charge < -0.3 is 10.0 Å². The van der Waals surface area contributed by atoms with E-state index < -0.39 is 5.97 Å². The highest BCUT2D eigenvalue weighted by atomic mass is 32.1. The maximum atomic E-state index is 11.7. The van der Waals surface area contributed by atoms with Crippen molar-refractivity contribution in [3.8, 4) is 0 Å². The molecule has 0 bridgehead atoms. The van der Waals surface area contributed by atoms with Crippen molar-refractivity contribution in [1.82, 2.24) is 9.88 Å². The van der Waals surface area contributed by atoms with Crippen LogP contribution in [0.2, 0.25) is 0 Å². The maximum absolute atomic E-state index is 11.7. The summed E-state index contributed by atoms with van der Waals surface area (Å²) in [6.07, 6.45) is 1.90. The Morgan fingerprint density at radius 2 is 2.12 bits per heavy atom. The third kappa shape index (κ3) is 3.44. The van der Waals surface area contributed by atoms with Crippen molar-refractivity contribution in [2.45, 2.75) is 19.4 Å². The van der Waals surface area contributed by atoms with E-state index in [1.807, 2.05) is 37.3 Å². The van der Waals surface area contributed by atoms with Gasteiger partial charge in [-0.3, -0.25) is 9.69 Å². The SMILES string of the molecule is Cc1ccccc1C1CN(Cc2cnc(N(C)C)s2)CC1C(=O)O. The third-order valence-corrected chi connectivity index (χ3v) is 5.75. The van der Waals surface area contributed by atoms with E-state index in [4.69, 9.17) is 0 Å². The molecule has 0 radical (unpaired) electrons. The zero-order valence-corrected chi connectivity index (χ0v) is 15.1. The van der Waals surface area contributed by atoms with Gasteiger partial charge in [-0.25, -0.2) is 4.98 Å². The Bertz CT molecular complexity index is 729. The lowest BCUT2D eigenvalue weighted by molar-refractivity contribution is -0.141. The number of hydrogen-bond donors (Lipinski definition) is 1. The number of thiazole rings is 1. The largest absolute Gasteiger partial charge is 0.481 e. The third-order valence-electron chi connectivity index (χ3n) is 4.60. The first-order valence-electron chi connectivity index (χ1n) is 8.08. The fourth-order valence-electron chi connectivity index (χ4n) is 3.38. The topological polar surface area (TPSA) is 56.7 Å². The van der Waals surface area contributed by atoms with Crippen molar-refractivity contribution < 1.29 is 9.90 Å². The van der Waals surface area contributed by atoms with Crippen LogP contribution in [-0.4, -0.2) is 48.1 Å². The van der Waals surface area contributed by atoms with E-state index in [2.05, 4.69) is 28.9 Å². The van der Waals surface area contributed by atoms with E-state index in [0.717, 1.165) is 23.8 Å². The molecule has 0 spiro atoms. The molecule has 0 amide bonds. The second-order valence-electron chi connectivity index (χ2n) is 6.61. The van der Waals surface area contributed by atoms with Gasteiger partial charge in [-0.05, 0) is 18.1 Å². The molecule has 5 nitrogen and oxygen atoms in total. The van der Waals surface area contributed by atoms with Crippen molar-refractivity contribution >= 4 is 22.4 Å². The van der Waals surface area contributed by atoms with Crippen LogP contribution >= 0.6 is 11.3 Å². The Hall–Kier alpha value is -1.92. The summed E-state index contributed by atoms with van der Waals surface area (Å²) in [6, 6.07) is 8.12. The fourth-order valence-corrected chi connectivity index (χ4v) is 4.26. The van der Waals surface area contributed by atoms with E-state index in [1.165, 1.54) is 10.4 Å². The van der Waals surface area contributed by atoms with Gasteiger partial charge in [0.15, 0.2) is 5.13 Å². The summed E-state index contributed by atoms with van der Waals surface area (Å²) in [6.45, 7) is 4.18. The Morgan fingerprint density at radius 1 is 1.38 bits per heavy atom. The van der Waals surface area contributed by atoms with Gasteiger partial charge in [-0.1, -0.05) is 24.3 Å². The number of aryl methyl sites for hydroxylation is 1. The standard InChI is InChI=1S/C18H23N3O2S/c1-12-6-4-5-7-14(12)15-10-21(11-16(15)17(22)23)9-13-8-19-18(24-13)20(2)3/h4-8,15-16H,9-11H2,1-3H3,(H,22,23). The summed E-state index contributed by atoms with van der Waals surface area (Å²) in [5.74, 6) is -1.01. The number of anilines is 1. The van der Waals surface area contributed by atoms with Crippen LogP contribution < -0.4 is 4.90 Å². The highest BCUT2D eigenvalue weighted by Crippen LogP contribution is 2.36. The number of rotatable bonds is 5. The number of nitrogens with zero attached hydrogens (tertiary/aromatic N) is 3. The second-order valence-corrected chi connectivity index (χ2v) is 7.70. The van der Waals surface area contributed by atoms with Crippen LogP contribution in [0.4, 0.5) is 5.13 Å². The Morgan fingerprint density at radius 3 is 2.75 bits per heavy atom. The molecule has 2 aromatic rings. The van der Waals surface area contributed by atoms with Crippen molar-refractivity contribution in [2.75, 3.05) is 32.1 Å². The molecule has 1 aromatic heterocycles. The molecule has 1 aliphatic rings. The zero-order valence-electron chi connectivity index (χ0n) is 14.3. The summed E-state index contributed by atoms with van der Waals surface area (Å²) < 4.78 is 0. The van der Waals surface area contributed by atoms with Crippen molar-refractivity contribution in [1.29, 1.82) is 0 Å². The number of carboxylic acids is 1. The van der Waals surface area contributed by atoms with Crippen molar-refractivity contribution in [3.63, 3.8) is 0 Å². The number of aromatic nitrogens is 1. The van der Waals surface area contributed by atoms with E-state index in [9.17, 15) is 9.90 Å². The minimum atomic E-state index is -0.705. The molecule has 2 unspecified atom stereocenters. The van der Waals surface area contributed by atoms with Gasteiger partial charge in [0.05, 0.1) is 5.92 Å². The average Bonchev–Trinajstić information content (AvgIpc) is 3.15. The maximum Gasteiger partial charge on any atom is 0.308 e. The lowest BCUT2D eigenvalue weighted by Crippen LogP contribution is -2.23. The number of likely N-dealkylation sites (tertiary alicyclic amines) is 1. The number of hydrogen-bond acceptors (Lipinski definition) is 5. The van der Waals surface area contributed by atoms with Crippen molar-refractivity contribution in [3.05, 3.63) is 46.5 Å². The smallest absolute Gasteiger partial charge is 0.308 e. The molecule has 6 heteroatoms. The number of carbonyl (C=O) groups is 1. The molecule has 1 aromatic carbocycles. The van der Waals surface area contributed by atoms with Gasteiger partial charge in [0, 0.05) is 50.7 Å². The Labute approximate surface area is 146 Å². The predicted octanol–water partition coefficient (Wildman–Crippen LogP) is 2.82. The second kappa shape index (κ2) is 6.91. The molecule has 1 N–H and O–H groups in total. The number of aliphatic carboxylic acids is 1. The van der Waals surface area contributed by atoms with Gasteiger partial charge in [0.2, 0.25) is 0 Å². The number of benzene rings is 1. The van der Waals surface area contributed by atoms with Crippen LogP contribution in [0.3, 0.4) is 0 Å². The predicted molar refractivity (Wildman–Crippen MR) is 96.8 cm³/mol. The molecule has 0 aliphatic carbocycles. The molecule has 2 atom stereocenters. The molecule has 24 heavy (non-hydrogen) atoms. The summed E-state index contributed by atoms with van der Waals surface area (Å²) in [5, 5.41) is 10.6. The van der Waals surface area contributed by atoms with Crippen LogP contribution in [0.15, 0.2) is 30.5 Å². The Kier molecular flexibility index (Phi) is 4.87. The molecule has 0 saturated carbocycles. The van der Waals surface area contributed by atoms with Gasteiger partial charge in [0.25, 0.3) is 0 Å². The molecule has 1 fully saturated rings. The highest BCUT2D eigenvalue weighted by molar-refractivity contribution is 7.15. The molecule has 3 rings (SSSR count). The summed E-state index contributed by atoms with van der Waals surface area (Å²) in [4.78, 5) is 21.6. The lowest BCUT2D eigenvalue weighted by atomic mass is 9.86. The lowest BCUT2D eigenvalue weighted by Gasteiger charge is -2.17. The minimum Gasteiger partial charge on any atom is -0.481 e. The van der Waals surface area contributed by atoms with Crippen LogP contribution in [0, 0.1) is 12.8 Å². The highest BCUT2D eigenvalue weighted by Gasteiger charge is 2.39. The zero-order chi connectivity index (χ0) is 17.3. The first kappa shape index (κ1) is 16.9. The van der Waals surface area contributed by atoms with Gasteiger partial charge in [-0.15, -0.1) is 11.3 Å². The van der Waals surface area contributed by atoms with Gasteiger partial charge >= 0.3 is 5.97 Å². The van der Waals surface area contributed by atoms with E-state index in [1.54, 1.807) is 11.3 Å². The summed E-state index contributed by atoms with van der Waals surface area (Å²) >= 11 is 1.66. The average molecular weight is 345 g/mol. The van der Waals surface area contributed by atoms with Crippen LogP contribution in [0.1, 0.15) is 21.9 Å². The first-order chi connectivity index (χ1) is 11.5. The van der Waals surface area contributed by atoms with Crippen molar-refractivity contribution in [2.24, 2.45) is 5.92 Å². The Balaban J connectivity index is 1.77. The van der Waals surface area contributed by atoms with E-state index in [0.29, 0.717) is 6.54 Å². The van der Waals surface area contributed by atoms with E-state index >= 15 is 0 Å². The number of carboxylic acid groups (broad SMARTS) is 1. The van der Waals surface area contributed by atoms with Gasteiger partial charge in [-0.2, -0.15) is 0 Å². The molecular weight excluding hydrogens is 322 g/mol. The van der Waals surface area contributed by atoms with Crippen LogP contribution in [0.5, 0.6) is 0 Å².